The van der Waals surface area contributed by atoms with E-state index in [0.29, 0.717) is 0 Å². The Morgan fingerprint density at radius 3 is 2.45 bits per heavy atom. The van der Waals surface area contributed by atoms with Gasteiger partial charge in [0.15, 0.2) is 0 Å². The molecule has 0 heterocycles. The second-order valence-corrected chi connectivity index (χ2v) is 3.82. The Hall–Kier alpha value is 0.986. The molecule has 0 nitrogen and oxygen atoms in total. The fourth-order valence-electron chi connectivity index (χ4n) is 0.897. The van der Waals surface area contributed by atoms with Crippen LogP contribution in [0.5, 0.6) is 0 Å². The van der Waals surface area contributed by atoms with Gasteiger partial charge in [-0.2, -0.15) is 0 Å². The third-order valence-corrected chi connectivity index (χ3v) is 2.78. The van der Waals surface area contributed by atoms with Crippen LogP contribution in [0, 0.1) is 5.92 Å². The van der Waals surface area contributed by atoms with Gasteiger partial charge in [0.05, 0.1) is 0 Å². The van der Waals surface area contributed by atoms with E-state index in [4.69, 9.17) is 0 Å². The molecule has 11 heavy (non-hydrogen) atoms. The van der Waals surface area contributed by atoms with Crippen LogP contribution in [0.25, 0.3) is 0 Å². The van der Waals surface area contributed by atoms with Crippen LogP contribution in [0.1, 0.15) is 33.1 Å². The van der Waals surface area contributed by atoms with Gasteiger partial charge in [0.25, 0.3) is 0 Å². The summed E-state index contributed by atoms with van der Waals surface area (Å²) in [6, 6.07) is 0. The minimum absolute atomic E-state index is 0. The zero-order chi connectivity index (χ0) is 7.98. The van der Waals surface area contributed by atoms with E-state index in [-0.39, 0.29) is 17.0 Å². The van der Waals surface area contributed by atoms with Crippen LogP contribution >= 0.6 is 0 Å². The third-order valence-electron chi connectivity index (χ3n) is 1.79. The predicted octanol–water partition coefficient (Wildman–Crippen LogP) is -0.0403. The van der Waals surface area contributed by atoms with E-state index >= 15 is 0 Å². The van der Waals surface area contributed by atoms with E-state index in [2.05, 4.69) is 42.1 Å². The summed E-state index contributed by atoms with van der Waals surface area (Å²) in [4.78, 5) is 0. The monoisotopic (exact) mass is 228 g/mol. The van der Waals surface area contributed by atoms with Crippen molar-refractivity contribution in [1.29, 1.82) is 0 Å². The molecule has 0 fully saturated rings. The van der Waals surface area contributed by atoms with Crippen molar-refractivity contribution in [2.75, 3.05) is 0 Å². The molecule has 0 amide bonds. The minimum Gasteiger partial charge on any atom is -1.00 e. The standard InChI is InChI=1S/C9H17.BrH.Mg/c1-8(2)6-5-7-9(3)4;;/h8H,1,3,5-7H2,2,4H3;1H;/q;;+1/p-1. The SMILES string of the molecule is C=C(C)CCCC(C)[CH2][Mg+].[Br-]. The predicted molar refractivity (Wildman–Crippen MR) is 48.4 cm³/mol. The van der Waals surface area contributed by atoms with Gasteiger partial charge >= 0.3 is 77.4 Å². The van der Waals surface area contributed by atoms with E-state index in [9.17, 15) is 0 Å². The van der Waals surface area contributed by atoms with Gasteiger partial charge in [-0.3, -0.25) is 0 Å². The number of hydrogen-bond donors (Lipinski definition) is 0. The molecule has 0 aliphatic heterocycles. The Balaban J connectivity index is 0. The summed E-state index contributed by atoms with van der Waals surface area (Å²) in [5.74, 6) is 0.915. The molecule has 0 saturated heterocycles. The van der Waals surface area contributed by atoms with Gasteiger partial charge < -0.3 is 17.0 Å². The van der Waals surface area contributed by atoms with Crippen molar-refractivity contribution in [3.05, 3.63) is 12.2 Å². The third kappa shape index (κ3) is 11.0. The quantitative estimate of drug-likeness (QED) is 0.458. The van der Waals surface area contributed by atoms with E-state index in [0.717, 1.165) is 5.92 Å². The van der Waals surface area contributed by atoms with E-state index in [1.807, 2.05) is 0 Å². The zero-order valence-corrected chi connectivity index (χ0v) is 10.7. The molecule has 0 aliphatic carbocycles. The maximum atomic E-state index is 3.88. The van der Waals surface area contributed by atoms with E-state index in [1.165, 1.54) is 29.4 Å². The summed E-state index contributed by atoms with van der Waals surface area (Å²) in [6.45, 7) is 8.31. The van der Waals surface area contributed by atoms with Gasteiger partial charge in [-0.15, -0.1) is 0 Å². The fraction of sp³-hybridized carbons (Fsp3) is 0.778. The van der Waals surface area contributed by atoms with Gasteiger partial charge in [0.2, 0.25) is 0 Å². The molecule has 0 radical (unpaired) electrons. The van der Waals surface area contributed by atoms with Crippen LogP contribution in [0.3, 0.4) is 0 Å². The smallest absolute Gasteiger partial charge is 1.00 e. The van der Waals surface area contributed by atoms with Gasteiger partial charge in [-0.05, 0) is 0 Å². The molecular formula is C9H17BrMg. The summed E-state index contributed by atoms with van der Waals surface area (Å²) in [7, 11) is 0. The maximum absolute atomic E-state index is 3.88. The molecule has 0 rings (SSSR count). The largest absolute Gasteiger partial charge is 1.00 e. The first-order chi connectivity index (χ1) is 4.66. The molecule has 1 atom stereocenters. The van der Waals surface area contributed by atoms with Gasteiger partial charge in [-0.25, -0.2) is 0 Å². The minimum atomic E-state index is 0. The summed E-state index contributed by atoms with van der Waals surface area (Å²) < 4.78 is 1.34. The molecule has 62 valence electrons. The van der Waals surface area contributed by atoms with Crippen LogP contribution in [0.4, 0.5) is 0 Å². The molecule has 2 heteroatoms. The molecule has 0 aromatic rings. The molecule has 0 spiro atoms. The molecule has 0 aromatic heterocycles. The second-order valence-electron chi connectivity index (χ2n) is 3.24. The number of rotatable bonds is 5. The van der Waals surface area contributed by atoms with Crippen molar-refractivity contribution in [2.45, 2.75) is 37.7 Å². The molecule has 0 bridgehead atoms. The zero-order valence-electron chi connectivity index (χ0n) is 7.70. The fourth-order valence-corrected chi connectivity index (χ4v) is 1.19. The van der Waals surface area contributed by atoms with Gasteiger partial charge in [-0.1, -0.05) is 0 Å². The average Bonchev–Trinajstić information content (AvgIpc) is 1.87. The van der Waals surface area contributed by atoms with Crippen LogP contribution in [0.15, 0.2) is 12.2 Å². The van der Waals surface area contributed by atoms with Crippen molar-refractivity contribution in [3.8, 4) is 0 Å². The first-order valence-corrected chi connectivity index (χ1v) is 5.10. The Kier molecular flexibility index (Phi) is 12.0. The molecule has 0 N–H and O–H groups in total. The van der Waals surface area contributed by atoms with E-state index < -0.39 is 0 Å². The molecule has 0 aliphatic rings. The Bertz CT molecular complexity index is 102. The Morgan fingerprint density at radius 2 is 2.09 bits per heavy atom. The van der Waals surface area contributed by atoms with Crippen molar-refractivity contribution >= 4 is 21.7 Å². The summed E-state index contributed by atoms with van der Waals surface area (Å²) in [5.41, 5.74) is 1.32. The average molecular weight is 229 g/mol. The molecule has 0 saturated carbocycles. The molecule has 0 aromatic carbocycles. The number of halogens is 1. The van der Waals surface area contributed by atoms with E-state index in [1.54, 1.807) is 0 Å². The molecular weight excluding hydrogens is 212 g/mol. The Labute approximate surface area is 94.0 Å². The van der Waals surface area contributed by atoms with Crippen LogP contribution < -0.4 is 17.0 Å². The number of hydrogen-bond acceptors (Lipinski definition) is 0. The van der Waals surface area contributed by atoms with Crippen LogP contribution in [-0.4, -0.2) is 21.7 Å². The second kappa shape index (κ2) is 9.08. The Morgan fingerprint density at radius 1 is 1.55 bits per heavy atom. The first kappa shape index (κ1) is 14.5. The van der Waals surface area contributed by atoms with Gasteiger partial charge in [0, 0.05) is 0 Å². The first-order valence-electron chi connectivity index (χ1n) is 4.10. The van der Waals surface area contributed by atoms with Crippen molar-refractivity contribution in [3.63, 3.8) is 0 Å². The maximum Gasteiger partial charge on any atom is -1.00 e. The topological polar surface area (TPSA) is 0 Å². The normalized spacial score (nSPS) is 12.0. The van der Waals surface area contributed by atoms with Crippen molar-refractivity contribution < 1.29 is 17.0 Å². The van der Waals surface area contributed by atoms with Crippen LogP contribution in [0.2, 0.25) is 4.55 Å². The molecule has 1 unspecified atom stereocenters. The van der Waals surface area contributed by atoms with Crippen molar-refractivity contribution in [2.24, 2.45) is 5.92 Å². The van der Waals surface area contributed by atoms with Crippen LogP contribution in [-0.2, 0) is 0 Å². The summed E-state index contributed by atoms with van der Waals surface area (Å²) in [5, 5.41) is 0. The summed E-state index contributed by atoms with van der Waals surface area (Å²) in [6.07, 6.45) is 3.92. The summed E-state index contributed by atoms with van der Waals surface area (Å²) >= 11 is 2.08. The number of allylic oxidation sites excluding steroid dienone is 1. The van der Waals surface area contributed by atoms with Crippen molar-refractivity contribution in [1.82, 2.24) is 0 Å². The van der Waals surface area contributed by atoms with Gasteiger partial charge in [0.1, 0.15) is 0 Å².